The van der Waals surface area contributed by atoms with Crippen LogP contribution in [0.4, 0.5) is 4.39 Å². The summed E-state index contributed by atoms with van der Waals surface area (Å²) in [4.78, 5) is 11.4. The molecular weight excluding hydrogens is 433 g/mol. The van der Waals surface area contributed by atoms with Crippen LogP contribution in [0.15, 0.2) is 66.9 Å². The average molecular weight is 455 g/mol. The van der Waals surface area contributed by atoms with Gasteiger partial charge in [0.1, 0.15) is 5.82 Å². The topological polar surface area (TPSA) is 80.1 Å². The van der Waals surface area contributed by atoms with Gasteiger partial charge in [-0.3, -0.25) is 5.10 Å². The van der Waals surface area contributed by atoms with E-state index in [4.69, 9.17) is 4.74 Å². The van der Waals surface area contributed by atoms with Gasteiger partial charge in [-0.2, -0.15) is 5.10 Å². The van der Waals surface area contributed by atoms with Gasteiger partial charge in [0.05, 0.1) is 22.8 Å². The second-order valence-electron chi connectivity index (χ2n) is 8.67. The zero-order chi connectivity index (χ0) is 23.2. The summed E-state index contributed by atoms with van der Waals surface area (Å²) in [7, 11) is 0. The molecule has 0 atom stereocenters. The Kier molecular flexibility index (Phi) is 4.92. The van der Waals surface area contributed by atoms with Gasteiger partial charge in [0, 0.05) is 46.8 Å². The third-order valence-corrected chi connectivity index (χ3v) is 6.68. The number of H-pyrrole nitrogens is 1. The van der Waals surface area contributed by atoms with Crippen molar-refractivity contribution in [3.8, 4) is 16.8 Å². The predicted molar refractivity (Wildman–Crippen MR) is 128 cm³/mol. The zero-order valence-electron chi connectivity index (χ0n) is 18.3. The van der Waals surface area contributed by atoms with E-state index in [0.717, 1.165) is 57.2 Å². The minimum Gasteiger partial charge on any atom is -0.478 e. The summed E-state index contributed by atoms with van der Waals surface area (Å²) in [5.74, 6) is -1.00. The summed E-state index contributed by atoms with van der Waals surface area (Å²) < 4.78 is 21.7. The number of hydrogen-bond acceptors (Lipinski definition) is 3. The van der Waals surface area contributed by atoms with Crippen LogP contribution in [-0.2, 0) is 4.74 Å². The second-order valence-corrected chi connectivity index (χ2v) is 8.67. The molecule has 7 heteroatoms. The Bertz CT molecular complexity index is 1510. The van der Waals surface area contributed by atoms with Gasteiger partial charge in [-0.1, -0.05) is 12.1 Å². The molecule has 1 fully saturated rings. The first-order valence-corrected chi connectivity index (χ1v) is 11.3. The average Bonchev–Trinajstić information content (AvgIpc) is 3.45. The molecule has 2 aromatic heterocycles. The number of aromatic nitrogens is 3. The molecule has 0 unspecified atom stereocenters. The molecule has 1 aliphatic heterocycles. The number of aromatic amines is 1. The number of halogens is 1. The highest BCUT2D eigenvalue weighted by molar-refractivity contribution is 6.05. The molecule has 2 N–H and O–H groups in total. The fourth-order valence-corrected chi connectivity index (χ4v) is 5.05. The SMILES string of the molecule is O=C(O)c1ccc(-n2c(C3CCOCC3)c(-c3ccc(F)cc3)c3cc4cn[nH]c4cc32)cc1. The Morgan fingerprint density at radius 3 is 2.50 bits per heavy atom. The maximum absolute atomic E-state index is 13.8. The smallest absolute Gasteiger partial charge is 0.335 e. The molecule has 5 aromatic rings. The van der Waals surface area contributed by atoms with Crippen molar-refractivity contribution in [2.75, 3.05) is 13.2 Å². The first kappa shape index (κ1) is 20.6. The van der Waals surface area contributed by atoms with E-state index < -0.39 is 5.97 Å². The Hall–Kier alpha value is -3.97. The molecule has 0 radical (unpaired) electrons. The molecular formula is C27H22FN3O3. The molecule has 1 saturated heterocycles. The van der Waals surface area contributed by atoms with E-state index in [0.29, 0.717) is 13.2 Å². The van der Waals surface area contributed by atoms with Gasteiger partial charge in [-0.05, 0) is 66.9 Å². The number of fused-ring (bicyclic) bond motifs is 2. The van der Waals surface area contributed by atoms with Gasteiger partial charge in [0.25, 0.3) is 0 Å². The first-order chi connectivity index (χ1) is 16.6. The third kappa shape index (κ3) is 3.36. The van der Waals surface area contributed by atoms with E-state index in [1.165, 1.54) is 12.1 Å². The molecule has 0 amide bonds. The van der Waals surface area contributed by atoms with Crippen molar-refractivity contribution >= 4 is 27.8 Å². The largest absolute Gasteiger partial charge is 0.478 e. The van der Waals surface area contributed by atoms with Crippen LogP contribution in [-0.4, -0.2) is 39.1 Å². The minimum absolute atomic E-state index is 0.233. The summed E-state index contributed by atoms with van der Waals surface area (Å²) in [5.41, 5.74) is 6.15. The number of benzene rings is 3. The summed E-state index contributed by atoms with van der Waals surface area (Å²) in [6.07, 6.45) is 3.55. The van der Waals surface area contributed by atoms with E-state index in [9.17, 15) is 14.3 Å². The number of hydrogen-bond donors (Lipinski definition) is 2. The van der Waals surface area contributed by atoms with Crippen LogP contribution in [0.2, 0.25) is 0 Å². The highest BCUT2D eigenvalue weighted by atomic mass is 19.1. The molecule has 0 saturated carbocycles. The van der Waals surface area contributed by atoms with Gasteiger partial charge in [0.2, 0.25) is 0 Å². The van der Waals surface area contributed by atoms with Crippen LogP contribution in [0.3, 0.4) is 0 Å². The molecule has 1 aliphatic rings. The van der Waals surface area contributed by atoms with E-state index in [-0.39, 0.29) is 17.3 Å². The Morgan fingerprint density at radius 2 is 1.79 bits per heavy atom. The van der Waals surface area contributed by atoms with Crippen molar-refractivity contribution in [3.05, 3.63) is 83.9 Å². The Balaban J connectivity index is 1.71. The molecule has 34 heavy (non-hydrogen) atoms. The molecule has 0 spiro atoms. The monoisotopic (exact) mass is 455 g/mol. The summed E-state index contributed by atoms with van der Waals surface area (Å²) in [6, 6.07) is 17.8. The third-order valence-electron chi connectivity index (χ3n) is 6.68. The lowest BCUT2D eigenvalue weighted by molar-refractivity contribution is 0.0697. The fourth-order valence-electron chi connectivity index (χ4n) is 5.05. The van der Waals surface area contributed by atoms with Crippen LogP contribution >= 0.6 is 0 Å². The van der Waals surface area contributed by atoms with E-state index in [1.54, 1.807) is 18.3 Å². The second kappa shape index (κ2) is 8.11. The number of nitrogens with one attached hydrogen (secondary N) is 1. The molecule has 0 aliphatic carbocycles. The van der Waals surface area contributed by atoms with Crippen LogP contribution in [0.1, 0.15) is 34.8 Å². The minimum atomic E-state index is -0.959. The predicted octanol–water partition coefficient (Wildman–Crippen LogP) is 5.91. The van der Waals surface area contributed by atoms with E-state index in [2.05, 4.69) is 26.9 Å². The number of carbonyl (C=O) groups is 1. The number of aromatic carboxylic acids is 1. The molecule has 6 rings (SSSR count). The van der Waals surface area contributed by atoms with Crippen molar-refractivity contribution in [3.63, 3.8) is 0 Å². The lowest BCUT2D eigenvalue weighted by atomic mass is 9.90. The van der Waals surface area contributed by atoms with Crippen molar-refractivity contribution in [1.82, 2.24) is 14.8 Å². The lowest BCUT2D eigenvalue weighted by Gasteiger charge is -2.26. The van der Waals surface area contributed by atoms with E-state index >= 15 is 0 Å². The number of rotatable bonds is 4. The maximum Gasteiger partial charge on any atom is 0.335 e. The van der Waals surface area contributed by atoms with Crippen LogP contribution in [0.5, 0.6) is 0 Å². The number of carboxylic acids is 1. The number of ether oxygens (including phenoxy) is 1. The molecule has 6 nitrogen and oxygen atoms in total. The number of nitrogens with zero attached hydrogens (tertiary/aromatic N) is 2. The molecule has 3 aromatic carbocycles. The van der Waals surface area contributed by atoms with Crippen molar-refractivity contribution in [2.24, 2.45) is 0 Å². The Morgan fingerprint density at radius 1 is 1.06 bits per heavy atom. The van der Waals surface area contributed by atoms with Gasteiger partial charge < -0.3 is 14.4 Å². The van der Waals surface area contributed by atoms with Crippen LogP contribution < -0.4 is 0 Å². The van der Waals surface area contributed by atoms with Crippen molar-refractivity contribution in [2.45, 2.75) is 18.8 Å². The highest BCUT2D eigenvalue weighted by Gasteiger charge is 2.28. The van der Waals surface area contributed by atoms with Gasteiger partial charge >= 0.3 is 5.97 Å². The van der Waals surface area contributed by atoms with Gasteiger partial charge in [-0.25, -0.2) is 9.18 Å². The molecule has 170 valence electrons. The van der Waals surface area contributed by atoms with Crippen LogP contribution in [0, 0.1) is 5.82 Å². The molecule has 3 heterocycles. The standard InChI is InChI=1S/C27H22FN3O3/c28-20-5-1-16(2-6-20)25-22-13-19-15-29-30-23(19)14-24(22)31(26(25)17-9-11-34-12-10-17)21-7-3-18(4-8-21)27(32)33/h1-8,13-15,17H,9-12H2,(H,29,30)(H,32,33). The normalized spacial score (nSPS) is 14.7. The Labute approximate surface area is 194 Å². The summed E-state index contributed by atoms with van der Waals surface area (Å²) >= 11 is 0. The van der Waals surface area contributed by atoms with Crippen LogP contribution in [0.25, 0.3) is 38.6 Å². The van der Waals surface area contributed by atoms with Gasteiger partial charge in [0.15, 0.2) is 0 Å². The van der Waals surface area contributed by atoms with Gasteiger partial charge in [-0.15, -0.1) is 0 Å². The summed E-state index contributed by atoms with van der Waals surface area (Å²) in [6.45, 7) is 1.36. The van der Waals surface area contributed by atoms with Crippen molar-refractivity contribution < 1.29 is 19.0 Å². The number of carboxylic acid groups (broad SMARTS) is 1. The maximum atomic E-state index is 13.8. The summed E-state index contributed by atoms with van der Waals surface area (Å²) in [5, 5.41) is 18.7. The zero-order valence-corrected chi connectivity index (χ0v) is 18.3. The fraction of sp³-hybridized carbons (Fsp3) is 0.185. The van der Waals surface area contributed by atoms with Crippen molar-refractivity contribution in [1.29, 1.82) is 0 Å². The first-order valence-electron chi connectivity index (χ1n) is 11.3. The lowest BCUT2D eigenvalue weighted by Crippen LogP contribution is -2.17. The highest BCUT2D eigenvalue weighted by Crippen LogP contribution is 2.44. The van der Waals surface area contributed by atoms with E-state index in [1.807, 2.05) is 24.3 Å². The molecule has 0 bridgehead atoms. The quantitative estimate of drug-likeness (QED) is 0.353.